The minimum absolute atomic E-state index is 0. The smallest absolute Gasteiger partial charge is 0.232 e. The monoisotopic (exact) mass is 379 g/mol. The van der Waals surface area contributed by atoms with Gasteiger partial charge in [0.15, 0.2) is 0 Å². The number of piperidine rings is 1. The van der Waals surface area contributed by atoms with Crippen LogP contribution in [0.1, 0.15) is 30.7 Å². The van der Waals surface area contributed by atoms with Crippen LogP contribution in [0.15, 0.2) is 24.3 Å². The van der Waals surface area contributed by atoms with E-state index in [4.69, 9.17) is 4.74 Å². The quantitative estimate of drug-likeness (QED) is 0.839. The summed E-state index contributed by atoms with van der Waals surface area (Å²) in [5.41, 5.74) is 2.06. The molecule has 0 bridgehead atoms. The molecule has 0 saturated carbocycles. The fourth-order valence-corrected chi connectivity index (χ4v) is 4.27. The Balaban J connectivity index is 0.00000196. The van der Waals surface area contributed by atoms with Crippen molar-refractivity contribution in [1.29, 1.82) is 0 Å². The predicted octanol–water partition coefficient (Wildman–Crippen LogP) is 1.76. The lowest BCUT2D eigenvalue weighted by molar-refractivity contribution is -0.134. The van der Waals surface area contributed by atoms with Crippen LogP contribution in [-0.2, 0) is 14.3 Å². The highest BCUT2D eigenvalue weighted by atomic mass is 35.5. The Labute approximate surface area is 160 Å². The third-order valence-corrected chi connectivity index (χ3v) is 5.62. The first-order valence-corrected chi connectivity index (χ1v) is 9.21. The van der Waals surface area contributed by atoms with Gasteiger partial charge in [-0.2, -0.15) is 0 Å². The first-order chi connectivity index (χ1) is 12.2. The van der Waals surface area contributed by atoms with E-state index in [1.807, 2.05) is 29.2 Å². The van der Waals surface area contributed by atoms with Crippen LogP contribution in [0.2, 0.25) is 0 Å². The van der Waals surface area contributed by atoms with Crippen molar-refractivity contribution in [1.82, 2.24) is 10.2 Å². The highest BCUT2D eigenvalue weighted by Crippen LogP contribution is 2.41. The van der Waals surface area contributed by atoms with Gasteiger partial charge in [0.25, 0.3) is 0 Å². The molecule has 1 aromatic carbocycles. The largest absolute Gasteiger partial charge is 0.378 e. The fourth-order valence-electron chi connectivity index (χ4n) is 4.27. The summed E-state index contributed by atoms with van der Waals surface area (Å²) in [6.07, 6.45) is 2.26. The summed E-state index contributed by atoms with van der Waals surface area (Å²) >= 11 is 0. The molecular weight excluding hydrogens is 354 g/mol. The predicted molar refractivity (Wildman–Crippen MR) is 102 cm³/mol. The molecule has 0 spiro atoms. The van der Waals surface area contributed by atoms with Gasteiger partial charge in [0, 0.05) is 37.8 Å². The van der Waals surface area contributed by atoms with Gasteiger partial charge in [0.1, 0.15) is 0 Å². The number of carbonyl (C=O) groups is 2. The molecule has 2 fully saturated rings. The molecule has 2 amide bonds. The number of hydrogen-bond donors (Lipinski definition) is 2. The Bertz CT molecular complexity index is 655. The number of ether oxygens (including phenoxy) is 1. The van der Waals surface area contributed by atoms with Crippen LogP contribution in [0.3, 0.4) is 0 Å². The van der Waals surface area contributed by atoms with Crippen LogP contribution in [0.5, 0.6) is 0 Å². The van der Waals surface area contributed by atoms with Crippen molar-refractivity contribution >= 4 is 29.9 Å². The van der Waals surface area contributed by atoms with Gasteiger partial charge < -0.3 is 20.3 Å². The number of anilines is 1. The third-order valence-electron chi connectivity index (χ3n) is 5.62. The van der Waals surface area contributed by atoms with Gasteiger partial charge in [-0.05, 0) is 30.4 Å². The molecule has 1 aromatic rings. The second-order valence-corrected chi connectivity index (χ2v) is 7.20. The lowest BCUT2D eigenvalue weighted by Gasteiger charge is -2.35. The topological polar surface area (TPSA) is 70.7 Å². The molecule has 4 rings (SSSR count). The van der Waals surface area contributed by atoms with Crippen LogP contribution in [0, 0.1) is 5.92 Å². The van der Waals surface area contributed by atoms with E-state index in [1.54, 1.807) is 0 Å². The summed E-state index contributed by atoms with van der Waals surface area (Å²) in [5.74, 6) is 0.540. The van der Waals surface area contributed by atoms with Gasteiger partial charge >= 0.3 is 0 Å². The number of nitrogens with one attached hydrogen (secondary N) is 2. The first kappa shape index (κ1) is 19.1. The number of morpholine rings is 1. The van der Waals surface area contributed by atoms with Crippen molar-refractivity contribution < 1.29 is 14.3 Å². The lowest BCUT2D eigenvalue weighted by Crippen LogP contribution is -2.47. The maximum absolute atomic E-state index is 12.5. The third kappa shape index (κ3) is 3.87. The number of benzene rings is 1. The molecule has 6 nitrogen and oxygen atoms in total. The van der Waals surface area contributed by atoms with E-state index in [0.717, 1.165) is 50.3 Å². The van der Waals surface area contributed by atoms with Gasteiger partial charge in [0.2, 0.25) is 11.8 Å². The number of rotatable bonds is 3. The summed E-state index contributed by atoms with van der Waals surface area (Å²) in [4.78, 5) is 26.9. The number of likely N-dealkylation sites (tertiary alicyclic amines) is 1. The number of amides is 2. The van der Waals surface area contributed by atoms with E-state index in [9.17, 15) is 9.59 Å². The van der Waals surface area contributed by atoms with Gasteiger partial charge in [-0.15, -0.1) is 12.4 Å². The van der Waals surface area contributed by atoms with E-state index in [0.29, 0.717) is 18.9 Å². The van der Waals surface area contributed by atoms with Gasteiger partial charge in [0.05, 0.1) is 19.1 Å². The molecule has 3 heterocycles. The van der Waals surface area contributed by atoms with Crippen molar-refractivity contribution in [3.63, 3.8) is 0 Å². The number of nitrogens with zero attached hydrogens (tertiary/aromatic N) is 1. The molecule has 0 aliphatic carbocycles. The van der Waals surface area contributed by atoms with Crippen molar-refractivity contribution in [2.24, 2.45) is 5.92 Å². The van der Waals surface area contributed by atoms with Crippen molar-refractivity contribution in [3.8, 4) is 0 Å². The van der Waals surface area contributed by atoms with Crippen LogP contribution in [0.4, 0.5) is 5.69 Å². The number of fused-ring (bicyclic) bond motifs is 1. The van der Waals surface area contributed by atoms with E-state index in [1.165, 1.54) is 0 Å². The Kier molecular flexibility index (Phi) is 6.16. The molecule has 2 N–H and O–H groups in total. The van der Waals surface area contributed by atoms with E-state index >= 15 is 0 Å². The average molecular weight is 380 g/mol. The fraction of sp³-hybridized carbons (Fsp3) is 0.579. The molecule has 7 heteroatoms. The summed E-state index contributed by atoms with van der Waals surface area (Å²) in [7, 11) is 0. The van der Waals surface area contributed by atoms with Crippen LogP contribution in [0.25, 0.3) is 0 Å². The Morgan fingerprint density at radius 2 is 2.00 bits per heavy atom. The van der Waals surface area contributed by atoms with E-state index in [-0.39, 0.29) is 36.2 Å². The summed E-state index contributed by atoms with van der Waals surface area (Å²) in [6, 6.07) is 8.08. The van der Waals surface area contributed by atoms with E-state index < -0.39 is 0 Å². The maximum Gasteiger partial charge on any atom is 0.232 e. The highest BCUT2D eigenvalue weighted by Gasteiger charge is 2.38. The standard InChI is InChI=1S/C19H25N3O3.ClH/c23-17(11-14-12-25-10-7-20-14)22-8-5-13(6-9-22)18-15-3-1-2-4-16(15)21-19(18)24;/h1-4,13-14,18,20H,5-12H2,(H,21,24);1H. The summed E-state index contributed by atoms with van der Waals surface area (Å²) < 4.78 is 5.42. The van der Waals surface area contributed by atoms with Crippen LogP contribution >= 0.6 is 12.4 Å². The van der Waals surface area contributed by atoms with Crippen molar-refractivity contribution in [3.05, 3.63) is 29.8 Å². The summed E-state index contributed by atoms with van der Waals surface area (Å²) in [5, 5.41) is 6.33. The second kappa shape index (κ2) is 8.37. The average Bonchev–Trinajstić information content (AvgIpc) is 2.98. The maximum atomic E-state index is 12.5. The summed E-state index contributed by atoms with van der Waals surface area (Å²) in [6.45, 7) is 3.63. The molecule has 142 valence electrons. The van der Waals surface area contributed by atoms with Crippen LogP contribution < -0.4 is 10.6 Å². The zero-order valence-electron chi connectivity index (χ0n) is 14.8. The normalized spacial score (nSPS) is 26.0. The van der Waals surface area contributed by atoms with Gasteiger partial charge in [-0.1, -0.05) is 18.2 Å². The van der Waals surface area contributed by atoms with Crippen molar-refractivity contribution in [2.45, 2.75) is 31.2 Å². The number of carbonyl (C=O) groups excluding carboxylic acids is 2. The lowest BCUT2D eigenvalue weighted by atomic mass is 9.80. The number of halogens is 1. The first-order valence-electron chi connectivity index (χ1n) is 9.21. The zero-order chi connectivity index (χ0) is 17.2. The molecule has 26 heavy (non-hydrogen) atoms. The van der Waals surface area contributed by atoms with Crippen molar-refractivity contribution in [2.75, 3.05) is 38.2 Å². The molecular formula is C19H26ClN3O3. The molecule has 3 aliphatic rings. The molecule has 2 saturated heterocycles. The number of para-hydroxylation sites is 1. The minimum Gasteiger partial charge on any atom is -0.378 e. The molecule has 0 aromatic heterocycles. The Morgan fingerprint density at radius 1 is 1.23 bits per heavy atom. The second-order valence-electron chi connectivity index (χ2n) is 7.20. The van der Waals surface area contributed by atoms with Crippen LogP contribution in [-0.4, -0.2) is 55.6 Å². The van der Waals surface area contributed by atoms with Gasteiger partial charge in [-0.25, -0.2) is 0 Å². The Morgan fingerprint density at radius 3 is 2.73 bits per heavy atom. The molecule has 0 radical (unpaired) electrons. The zero-order valence-corrected chi connectivity index (χ0v) is 15.6. The Hall–Kier alpha value is -1.63. The molecule has 2 atom stereocenters. The molecule has 3 aliphatic heterocycles. The molecule has 2 unspecified atom stereocenters. The SMILES string of the molecule is Cl.O=C1Nc2ccccc2C1C1CCN(C(=O)CC2COCCN2)CC1. The number of hydrogen-bond acceptors (Lipinski definition) is 4. The minimum atomic E-state index is -0.0677. The van der Waals surface area contributed by atoms with E-state index in [2.05, 4.69) is 10.6 Å². The van der Waals surface area contributed by atoms with Gasteiger partial charge in [-0.3, -0.25) is 9.59 Å². The highest BCUT2D eigenvalue weighted by molar-refractivity contribution is 6.03.